The van der Waals surface area contributed by atoms with Crippen molar-refractivity contribution in [3.05, 3.63) is 41.3 Å². The van der Waals surface area contributed by atoms with Crippen molar-refractivity contribution in [1.29, 1.82) is 0 Å². The normalized spacial score (nSPS) is 10.3. The molecule has 1 heterocycles. The van der Waals surface area contributed by atoms with Crippen LogP contribution in [0.25, 0.3) is 0 Å². The summed E-state index contributed by atoms with van der Waals surface area (Å²) in [6, 6.07) is 2.97. The van der Waals surface area contributed by atoms with Crippen molar-refractivity contribution in [2.45, 2.75) is 0 Å². The molecular formula is C10H6ClF2N3O. The molecule has 0 bridgehead atoms. The van der Waals surface area contributed by atoms with E-state index in [1.807, 2.05) is 0 Å². The summed E-state index contributed by atoms with van der Waals surface area (Å²) in [7, 11) is 0. The van der Waals surface area contributed by atoms with Crippen molar-refractivity contribution in [1.82, 2.24) is 9.97 Å². The highest BCUT2D eigenvalue weighted by atomic mass is 35.5. The largest absolute Gasteiger partial charge is 0.503 e. The van der Waals surface area contributed by atoms with Crippen LogP contribution in [0.3, 0.4) is 0 Å². The maximum Gasteiger partial charge on any atom is 0.224 e. The van der Waals surface area contributed by atoms with Crippen molar-refractivity contribution in [3.63, 3.8) is 0 Å². The molecular weight excluding hydrogens is 252 g/mol. The molecule has 0 amide bonds. The van der Waals surface area contributed by atoms with E-state index in [0.29, 0.717) is 6.07 Å². The molecule has 2 aromatic rings. The van der Waals surface area contributed by atoms with E-state index in [0.717, 1.165) is 12.3 Å². The summed E-state index contributed by atoms with van der Waals surface area (Å²) in [6.07, 6.45) is 1.07. The number of hydrogen-bond donors (Lipinski definition) is 2. The molecule has 0 saturated carbocycles. The van der Waals surface area contributed by atoms with Gasteiger partial charge in [-0.05, 0) is 23.7 Å². The molecule has 0 radical (unpaired) electrons. The lowest BCUT2D eigenvalue weighted by atomic mass is 10.3. The summed E-state index contributed by atoms with van der Waals surface area (Å²) >= 11 is 5.52. The number of anilines is 2. The molecule has 4 nitrogen and oxygen atoms in total. The van der Waals surface area contributed by atoms with Gasteiger partial charge in [0.15, 0.2) is 11.6 Å². The zero-order chi connectivity index (χ0) is 12.4. The molecule has 1 aromatic carbocycles. The fraction of sp³-hybridized carbons (Fsp3) is 0. The van der Waals surface area contributed by atoms with Gasteiger partial charge in [0.1, 0.15) is 11.6 Å². The number of halogens is 3. The molecule has 0 fully saturated rings. The summed E-state index contributed by atoms with van der Waals surface area (Å²) in [4.78, 5) is 7.19. The Morgan fingerprint density at radius 2 is 2.06 bits per heavy atom. The van der Waals surface area contributed by atoms with E-state index in [9.17, 15) is 13.9 Å². The standard InChI is InChI=1S/C10H6ClF2N3O/c11-10-14-4-8(17)9(16-10)15-7-2-1-5(12)3-6(7)13/h1-4,17H,(H,14,15,16). The fourth-order valence-electron chi connectivity index (χ4n) is 1.16. The monoisotopic (exact) mass is 257 g/mol. The summed E-state index contributed by atoms with van der Waals surface area (Å²) in [5, 5.41) is 11.8. The average Bonchev–Trinajstić information content (AvgIpc) is 2.27. The van der Waals surface area contributed by atoms with Crippen LogP contribution < -0.4 is 5.32 Å². The minimum Gasteiger partial charge on any atom is -0.503 e. The zero-order valence-corrected chi connectivity index (χ0v) is 9.04. The third-order valence-electron chi connectivity index (χ3n) is 1.92. The van der Waals surface area contributed by atoms with Crippen LogP contribution >= 0.6 is 11.6 Å². The van der Waals surface area contributed by atoms with Gasteiger partial charge in [0, 0.05) is 6.07 Å². The van der Waals surface area contributed by atoms with E-state index in [2.05, 4.69) is 15.3 Å². The van der Waals surface area contributed by atoms with Gasteiger partial charge in [0.25, 0.3) is 0 Å². The SMILES string of the molecule is Oc1cnc(Cl)nc1Nc1ccc(F)cc1F. The second-order valence-electron chi connectivity index (χ2n) is 3.12. The fourth-order valence-corrected chi connectivity index (χ4v) is 1.30. The molecule has 0 aliphatic rings. The first-order valence-electron chi connectivity index (χ1n) is 4.50. The maximum absolute atomic E-state index is 13.3. The topological polar surface area (TPSA) is 58.0 Å². The molecule has 1 aromatic heterocycles. The molecule has 0 unspecified atom stereocenters. The Balaban J connectivity index is 2.34. The molecule has 0 atom stereocenters. The number of nitrogens with zero attached hydrogens (tertiary/aromatic N) is 2. The predicted octanol–water partition coefficient (Wildman–Crippen LogP) is 2.86. The van der Waals surface area contributed by atoms with E-state index in [1.165, 1.54) is 6.07 Å². The lowest BCUT2D eigenvalue weighted by molar-refractivity contribution is 0.472. The molecule has 2 N–H and O–H groups in total. The van der Waals surface area contributed by atoms with Crippen LogP contribution in [0.5, 0.6) is 5.75 Å². The quantitative estimate of drug-likeness (QED) is 0.812. The van der Waals surface area contributed by atoms with Crippen LogP contribution in [0, 0.1) is 11.6 Å². The van der Waals surface area contributed by atoms with Crippen LogP contribution in [-0.4, -0.2) is 15.1 Å². The highest BCUT2D eigenvalue weighted by Gasteiger charge is 2.09. The third-order valence-corrected chi connectivity index (χ3v) is 2.11. The molecule has 2 rings (SSSR count). The van der Waals surface area contributed by atoms with E-state index in [4.69, 9.17) is 11.6 Å². The first-order chi connectivity index (χ1) is 8.06. The van der Waals surface area contributed by atoms with Crippen LogP contribution in [-0.2, 0) is 0 Å². The molecule has 0 aliphatic carbocycles. The van der Waals surface area contributed by atoms with Gasteiger partial charge in [-0.3, -0.25) is 0 Å². The molecule has 0 spiro atoms. The van der Waals surface area contributed by atoms with Gasteiger partial charge in [0.05, 0.1) is 11.9 Å². The van der Waals surface area contributed by atoms with E-state index in [1.54, 1.807) is 0 Å². The number of rotatable bonds is 2. The van der Waals surface area contributed by atoms with Crippen molar-refractivity contribution >= 4 is 23.1 Å². The third kappa shape index (κ3) is 2.59. The molecule has 17 heavy (non-hydrogen) atoms. The first-order valence-corrected chi connectivity index (χ1v) is 4.87. The highest BCUT2D eigenvalue weighted by Crippen LogP contribution is 2.26. The Morgan fingerprint density at radius 3 is 2.76 bits per heavy atom. The van der Waals surface area contributed by atoms with Gasteiger partial charge in [-0.2, -0.15) is 4.98 Å². The first kappa shape index (κ1) is 11.5. The number of benzene rings is 1. The van der Waals surface area contributed by atoms with Gasteiger partial charge >= 0.3 is 0 Å². The number of nitrogens with one attached hydrogen (secondary N) is 1. The highest BCUT2D eigenvalue weighted by molar-refractivity contribution is 6.28. The van der Waals surface area contributed by atoms with Gasteiger partial charge < -0.3 is 10.4 Å². The minimum atomic E-state index is -0.806. The second kappa shape index (κ2) is 4.50. The van der Waals surface area contributed by atoms with Crippen molar-refractivity contribution in [3.8, 4) is 5.75 Å². The number of aromatic nitrogens is 2. The Labute approximate surface area is 99.9 Å². The molecule has 0 saturated heterocycles. The lowest BCUT2D eigenvalue weighted by Crippen LogP contribution is -1.98. The average molecular weight is 258 g/mol. The molecule has 0 aliphatic heterocycles. The van der Waals surface area contributed by atoms with Crippen LogP contribution in [0.15, 0.2) is 24.4 Å². The Kier molecular flexibility index (Phi) is 3.06. The summed E-state index contributed by atoms with van der Waals surface area (Å²) < 4.78 is 26.0. The van der Waals surface area contributed by atoms with E-state index < -0.39 is 11.6 Å². The zero-order valence-electron chi connectivity index (χ0n) is 8.28. The van der Waals surface area contributed by atoms with Crippen LogP contribution in [0.2, 0.25) is 5.28 Å². The van der Waals surface area contributed by atoms with Crippen LogP contribution in [0.1, 0.15) is 0 Å². The van der Waals surface area contributed by atoms with Gasteiger partial charge in [0.2, 0.25) is 5.28 Å². The lowest BCUT2D eigenvalue weighted by Gasteiger charge is -2.08. The summed E-state index contributed by atoms with van der Waals surface area (Å²) in [5.41, 5.74) is -0.0310. The van der Waals surface area contributed by atoms with Gasteiger partial charge in [-0.25, -0.2) is 13.8 Å². The van der Waals surface area contributed by atoms with E-state index >= 15 is 0 Å². The molecule has 7 heteroatoms. The Bertz CT molecular complexity index is 565. The van der Waals surface area contributed by atoms with Crippen molar-refractivity contribution < 1.29 is 13.9 Å². The van der Waals surface area contributed by atoms with Gasteiger partial charge in [-0.1, -0.05) is 0 Å². The maximum atomic E-state index is 13.3. The predicted molar refractivity (Wildman–Crippen MR) is 58.3 cm³/mol. The van der Waals surface area contributed by atoms with E-state index in [-0.39, 0.29) is 22.5 Å². The van der Waals surface area contributed by atoms with Gasteiger partial charge in [-0.15, -0.1) is 0 Å². The Morgan fingerprint density at radius 1 is 1.29 bits per heavy atom. The number of aromatic hydroxyl groups is 1. The summed E-state index contributed by atoms with van der Waals surface area (Å²) in [5.74, 6) is -1.86. The second-order valence-corrected chi connectivity index (χ2v) is 3.46. The minimum absolute atomic E-state index is 0.0310. The number of hydrogen-bond acceptors (Lipinski definition) is 4. The van der Waals surface area contributed by atoms with Crippen molar-refractivity contribution in [2.24, 2.45) is 0 Å². The summed E-state index contributed by atoms with van der Waals surface area (Å²) in [6.45, 7) is 0. The Hall–Kier alpha value is -1.95. The van der Waals surface area contributed by atoms with Crippen molar-refractivity contribution in [2.75, 3.05) is 5.32 Å². The smallest absolute Gasteiger partial charge is 0.224 e. The molecule has 88 valence electrons. The van der Waals surface area contributed by atoms with Crippen LogP contribution in [0.4, 0.5) is 20.3 Å².